The maximum absolute atomic E-state index is 11.3. The number of hydrogen-bond donors (Lipinski definition) is 4. The highest BCUT2D eigenvalue weighted by atomic mass is 79.9. The molecule has 0 saturated carbocycles. The first-order valence-electron chi connectivity index (χ1n) is 5.35. The molecule has 0 heterocycles. The number of benzene rings is 1. The predicted molar refractivity (Wildman–Crippen MR) is 75.5 cm³/mol. The largest absolute Gasteiger partial charge is 0.477 e. The van der Waals surface area contributed by atoms with E-state index < -0.39 is 23.1 Å². The fraction of sp³-hybridized carbons (Fsp3) is 0.250. The summed E-state index contributed by atoms with van der Waals surface area (Å²) in [5, 5.41) is 19.3. The molecule has 0 fully saturated rings. The molecular formula is C12H14BrN3O3. The number of aliphatic carboxylic acids is 1. The van der Waals surface area contributed by atoms with Crippen LogP contribution in [0.25, 0.3) is 0 Å². The SMILES string of the molecule is CC(C)(Nc1cc(Br)ccc1C(=N)C(=O)O)C(N)=O. The lowest BCUT2D eigenvalue weighted by Gasteiger charge is -2.25. The Morgan fingerprint density at radius 1 is 1.42 bits per heavy atom. The monoisotopic (exact) mass is 327 g/mol. The number of nitrogens with one attached hydrogen (secondary N) is 2. The molecule has 6 nitrogen and oxygen atoms in total. The summed E-state index contributed by atoms with van der Waals surface area (Å²) < 4.78 is 0.692. The van der Waals surface area contributed by atoms with Crippen molar-refractivity contribution in [1.82, 2.24) is 0 Å². The molecule has 0 aromatic heterocycles. The third-order valence-electron chi connectivity index (χ3n) is 2.53. The lowest BCUT2D eigenvalue weighted by Crippen LogP contribution is -2.45. The van der Waals surface area contributed by atoms with Crippen LogP contribution in [0.3, 0.4) is 0 Å². The maximum atomic E-state index is 11.3. The van der Waals surface area contributed by atoms with E-state index in [2.05, 4.69) is 21.2 Å². The fourth-order valence-corrected chi connectivity index (χ4v) is 1.71. The van der Waals surface area contributed by atoms with Crippen molar-refractivity contribution >= 4 is 39.2 Å². The minimum atomic E-state index is -1.35. The fourth-order valence-electron chi connectivity index (χ4n) is 1.35. The van der Waals surface area contributed by atoms with Crippen LogP contribution in [0, 0.1) is 5.41 Å². The Balaban J connectivity index is 3.26. The van der Waals surface area contributed by atoms with E-state index in [1.165, 1.54) is 6.07 Å². The first-order chi connectivity index (χ1) is 8.65. The molecule has 0 bridgehead atoms. The van der Waals surface area contributed by atoms with Crippen molar-refractivity contribution in [2.45, 2.75) is 19.4 Å². The van der Waals surface area contributed by atoms with E-state index in [4.69, 9.17) is 16.2 Å². The minimum Gasteiger partial charge on any atom is -0.477 e. The molecular weight excluding hydrogens is 314 g/mol. The molecule has 1 amide bonds. The molecule has 1 aromatic rings. The molecule has 0 unspecified atom stereocenters. The van der Waals surface area contributed by atoms with Crippen LogP contribution in [0.2, 0.25) is 0 Å². The zero-order valence-corrected chi connectivity index (χ0v) is 12.0. The second-order valence-corrected chi connectivity index (χ2v) is 5.40. The van der Waals surface area contributed by atoms with E-state index in [9.17, 15) is 9.59 Å². The Hall–Kier alpha value is -1.89. The van der Waals surface area contributed by atoms with Gasteiger partial charge in [0.1, 0.15) is 11.3 Å². The Morgan fingerprint density at radius 2 is 2.00 bits per heavy atom. The van der Waals surface area contributed by atoms with Crippen LogP contribution in [0.4, 0.5) is 5.69 Å². The van der Waals surface area contributed by atoms with E-state index in [0.717, 1.165) is 0 Å². The van der Waals surface area contributed by atoms with E-state index in [1.54, 1.807) is 26.0 Å². The summed E-state index contributed by atoms with van der Waals surface area (Å²) in [4.78, 5) is 22.2. The van der Waals surface area contributed by atoms with Gasteiger partial charge in [-0.3, -0.25) is 10.2 Å². The van der Waals surface area contributed by atoms with Crippen molar-refractivity contribution in [2.24, 2.45) is 5.73 Å². The second kappa shape index (κ2) is 5.40. The zero-order valence-electron chi connectivity index (χ0n) is 10.5. The van der Waals surface area contributed by atoms with Crippen molar-refractivity contribution in [3.05, 3.63) is 28.2 Å². The number of nitrogens with two attached hydrogens (primary N) is 1. The number of halogens is 1. The van der Waals surface area contributed by atoms with Crippen molar-refractivity contribution in [1.29, 1.82) is 5.41 Å². The van der Waals surface area contributed by atoms with E-state index in [1.807, 2.05) is 0 Å². The van der Waals surface area contributed by atoms with Crippen LogP contribution >= 0.6 is 15.9 Å². The molecule has 0 atom stereocenters. The lowest BCUT2D eigenvalue weighted by atomic mass is 10.0. The summed E-state index contributed by atoms with van der Waals surface area (Å²) in [6, 6.07) is 4.70. The van der Waals surface area contributed by atoms with E-state index in [0.29, 0.717) is 10.2 Å². The Kier molecular flexibility index (Phi) is 4.31. The van der Waals surface area contributed by atoms with Gasteiger partial charge >= 0.3 is 5.97 Å². The first kappa shape index (κ1) is 15.2. The van der Waals surface area contributed by atoms with Crippen LogP contribution in [0.5, 0.6) is 0 Å². The van der Waals surface area contributed by atoms with Gasteiger partial charge in [0.25, 0.3) is 0 Å². The molecule has 0 saturated heterocycles. The zero-order chi connectivity index (χ0) is 14.8. The van der Waals surface area contributed by atoms with Gasteiger partial charge in [-0.2, -0.15) is 0 Å². The number of carboxylic acid groups (broad SMARTS) is 1. The van der Waals surface area contributed by atoms with Crippen molar-refractivity contribution in [2.75, 3.05) is 5.32 Å². The van der Waals surface area contributed by atoms with Gasteiger partial charge < -0.3 is 16.2 Å². The summed E-state index contributed by atoms with van der Waals surface area (Å²) in [6.07, 6.45) is 0. The number of anilines is 1. The standard InChI is InChI=1S/C12H14BrN3O3/c1-12(2,11(15)19)16-8-5-6(13)3-4-7(8)9(14)10(17)18/h3-5,14,16H,1-2H3,(H2,15,19)(H,17,18). The first-order valence-corrected chi connectivity index (χ1v) is 6.14. The Labute approximate surface area is 118 Å². The molecule has 0 aliphatic carbocycles. The number of rotatable bonds is 5. The van der Waals surface area contributed by atoms with Crippen LogP contribution in [-0.4, -0.2) is 28.2 Å². The van der Waals surface area contributed by atoms with Gasteiger partial charge in [-0.1, -0.05) is 15.9 Å². The maximum Gasteiger partial charge on any atom is 0.354 e. The average molecular weight is 328 g/mol. The van der Waals surface area contributed by atoms with Crippen LogP contribution < -0.4 is 11.1 Å². The third kappa shape index (κ3) is 3.54. The van der Waals surface area contributed by atoms with Gasteiger partial charge in [0.2, 0.25) is 5.91 Å². The minimum absolute atomic E-state index is 0.185. The van der Waals surface area contributed by atoms with Gasteiger partial charge in [0, 0.05) is 15.7 Å². The molecule has 7 heteroatoms. The molecule has 0 radical (unpaired) electrons. The number of carboxylic acids is 1. The Morgan fingerprint density at radius 3 is 2.47 bits per heavy atom. The third-order valence-corrected chi connectivity index (χ3v) is 3.02. The van der Waals surface area contributed by atoms with Crippen molar-refractivity contribution < 1.29 is 14.7 Å². The number of carbonyl (C=O) groups excluding carboxylic acids is 1. The molecule has 1 aromatic carbocycles. The highest BCUT2D eigenvalue weighted by Gasteiger charge is 2.26. The Bertz CT molecular complexity index is 555. The van der Waals surface area contributed by atoms with Gasteiger partial charge in [0.15, 0.2) is 0 Å². The molecule has 19 heavy (non-hydrogen) atoms. The van der Waals surface area contributed by atoms with Crippen LogP contribution in [-0.2, 0) is 9.59 Å². The summed E-state index contributed by atoms with van der Waals surface area (Å²) in [5.74, 6) is -1.93. The number of carbonyl (C=O) groups is 2. The lowest BCUT2D eigenvalue weighted by molar-refractivity contribution is -0.129. The van der Waals surface area contributed by atoms with Crippen molar-refractivity contribution in [3.63, 3.8) is 0 Å². The molecule has 5 N–H and O–H groups in total. The summed E-state index contributed by atoms with van der Waals surface area (Å²) in [6.45, 7) is 3.15. The average Bonchev–Trinajstić information content (AvgIpc) is 2.27. The van der Waals surface area contributed by atoms with E-state index in [-0.39, 0.29) is 5.56 Å². The highest BCUT2D eigenvalue weighted by molar-refractivity contribution is 9.10. The van der Waals surface area contributed by atoms with Gasteiger partial charge in [-0.15, -0.1) is 0 Å². The van der Waals surface area contributed by atoms with Gasteiger partial charge in [0.05, 0.1) is 0 Å². The summed E-state index contributed by atoms with van der Waals surface area (Å²) >= 11 is 3.25. The molecule has 0 aliphatic rings. The second-order valence-electron chi connectivity index (χ2n) is 4.48. The van der Waals surface area contributed by atoms with Crippen molar-refractivity contribution in [3.8, 4) is 0 Å². The number of primary amides is 1. The smallest absolute Gasteiger partial charge is 0.354 e. The van der Waals surface area contributed by atoms with Crippen LogP contribution in [0.15, 0.2) is 22.7 Å². The quantitative estimate of drug-likeness (QED) is 0.614. The van der Waals surface area contributed by atoms with E-state index >= 15 is 0 Å². The molecule has 0 aliphatic heterocycles. The normalized spacial score (nSPS) is 10.9. The highest BCUT2D eigenvalue weighted by Crippen LogP contribution is 2.25. The number of amides is 1. The number of hydrogen-bond acceptors (Lipinski definition) is 4. The van der Waals surface area contributed by atoms with Gasteiger partial charge in [-0.05, 0) is 32.0 Å². The molecule has 0 spiro atoms. The van der Waals surface area contributed by atoms with Gasteiger partial charge in [-0.25, -0.2) is 4.79 Å². The topological polar surface area (TPSA) is 116 Å². The molecule has 102 valence electrons. The summed E-state index contributed by atoms with van der Waals surface area (Å²) in [7, 11) is 0. The van der Waals surface area contributed by atoms with Crippen LogP contribution in [0.1, 0.15) is 19.4 Å². The molecule has 1 rings (SSSR count). The predicted octanol–water partition coefficient (Wildman–Crippen LogP) is 1.58. The summed E-state index contributed by atoms with van der Waals surface area (Å²) in [5.41, 5.74) is 4.18.